The number of hydrogen-bond donors (Lipinski definition) is 5. The van der Waals surface area contributed by atoms with E-state index in [4.69, 9.17) is 19.7 Å². The van der Waals surface area contributed by atoms with Crippen LogP contribution >= 0.6 is 0 Å². The molecular weight excluding hydrogens is 308 g/mol. The molecule has 1 heterocycles. The van der Waals surface area contributed by atoms with Crippen LogP contribution in [0.25, 0.3) is 0 Å². The van der Waals surface area contributed by atoms with Crippen LogP contribution in [0.3, 0.4) is 0 Å². The Labute approximate surface area is 135 Å². The molecule has 8 heteroatoms. The number of hydrogen-bond acceptors (Lipinski definition) is 7. The number of unbranched alkanes of at least 4 members (excludes halogenated alkanes) is 5. The Morgan fingerprint density at radius 2 is 1.52 bits per heavy atom. The molecule has 5 atom stereocenters. The molecular formula is C15H28O8. The van der Waals surface area contributed by atoms with Gasteiger partial charge in [-0.2, -0.15) is 0 Å². The van der Waals surface area contributed by atoms with Crippen LogP contribution in [0.5, 0.6) is 0 Å². The second kappa shape index (κ2) is 10.9. The zero-order chi connectivity index (χ0) is 17.2. The average molecular weight is 336 g/mol. The summed E-state index contributed by atoms with van der Waals surface area (Å²) in [5.41, 5.74) is 0. The number of aliphatic hydroxyl groups excluding tert-OH is 4. The number of rotatable bonds is 11. The minimum atomic E-state index is -1.42. The Bertz CT molecular complexity index is 335. The maximum absolute atomic E-state index is 10.3. The molecule has 0 bridgehead atoms. The summed E-state index contributed by atoms with van der Waals surface area (Å²) in [4.78, 5) is 10.3. The second-order valence-electron chi connectivity index (χ2n) is 5.83. The van der Waals surface area contributed by atoms with Crippen molar-refractivity contribution in [3.8, 4) is 0 Å². The monoisotopic (exact) mass is 336 g/mol. The lowest BCUT2D eigenvalue weighted by Crippen LogP contribution is -2.59. The lowest BCUT2D eigenvalue weighted by atomic mass is 9.99. The molecule has 1 aliphatic rings. The van der Waals surface area contributed by atoms with E-state index >= 15 is 0 Å². The maximum Gasteiger partial charge on any atom is 0.303 e. The van der Waals surface area contributed by atoms with E-state index in [1.165, 1.54) is 0 Å². The van der Waals surface area contributed by atoms with E-state index in [1.54, 1.807) is 0 Å². The van der Waals surface area contributed by atoms with Gasteiger partial charge in [0, 0.05) is 13.0 Å². The van der Waals surface area contributed by atoms with Crippen molar-refractivity contribution in [2.75, 3.05) is 13.2 Å². The highest BCUT2D eigenvalue weighted by Gasteiger charge is 2.43. The minimum Gasteiger partial charge on any atom is -0.481 e. The molecule has 1 fully saturated rings. The topological polar surface area (TPSA) is 137 Å². The summed E-state index contributed by atoms with van der Waals surface area (Å²) in [5.74, 6) is -0.766. The van der Waals surface area contributed by atoms with Crippen LogP contribution in [0.1, 0.15) is 44.9 Å². The van der Waals surface area contributed by atoms with Gasteiger partial charge in [-0.15, -0.1) is 0 Å². The summed E-state index contributed by atoms with van der Waals surface area (Å²) in [7, 11) is 0. The lowest BCUT2D eigenvalue weighted by Gasteiger charge is -2.39. The van der Waals surface area contributed by atoms with Gasteiger partial charge in [0.05, 0.1) is 6.61 Å². The molecule has 0 aliphatic carbocycles. The fourth-order valence-corrected chi connectivity index (χ4v) is 2.49. The second-order valence-corrected chi connectivity index (χ2v) is 5.83. The van der Waals surface area contributed by atoms with E-state index in [0.29, 0.717) is 13.0 Å². The molecule has 0 unspecified atom stereocenters. The van der Waals surface area contributed by atoms with E-state index in [1.807, 2.05) is 0 Å². The molecule has 0 aromatic carbocycles. The van der Waals surface area contributed by atoms with Crippen LogP contribution in [-0.4, -0.2) is 75.4 Å². The van der Waals surface area contributed by atoms with E-state index < -0.39 is 43.3 Å². The van der Waals surface area contributed by atoms with Crippen molar-refractivity contribution in [2.24, 2.45) is 0 Å². The van der Waals surface area contributed by atoms with Gasteiger partial charge in [0.25, 0.3) is 0 Å². The summed E-state index contributed by atoms with van der Waals surface area (Å²) in [6.45, 7) is -0.140. The summed E-state index contributed by atoms with van der Waals surface area (Å²) in [5, 5.41) is 46.6. The first kappa shape index (κ1) is 20.3. The average Bonchev–Trinajstić information content (AvgIpc) is 2.52. The number of carbonyl (C=O) groups is 1. The zero-order valence-corrected chi connectivity index (χ0v) is 13.2. The number of carboxylic acid groups (broad SMARTS) is 1. The highest BCUT2D eigenvalue weighted by atomic mass is 16.7. The third-order valence-corrected chi connectivity index (χ3v) is 3.92. The lowest BCUT2D eigenvalue weighted by molar-refractivity contribution is -0.301. The molecule has 0 aromatic rings. The largest absolute Gasteiger partial charge is 0.481 e. The first-order valence-corrected chi connectivity index (χ1v) is 8.11. The first-order valence-electron chi connectivity index (χ1n) is 8.11. The highest BCUT2D eigenvalue weighted by molar-refractivity contribution is 5.66. The Kier molecular flexibility index (Phi) is 9.61. The highest BCUT2D eigenvalue weighted by Crippen LogP contribution is 2.22. The molecule has 0 radical (unpaired) electrons. The Morgan fingerprint density at radius 3 is 2.13 bits per heavy atom. The Hall–Kier alpha value is -0.770. The molecule has 1 saturated heterocycles. The van der Waals surface area contributed by atoms with Crippen LogP contribution in [-0.2, 0) is 14.3 Å². The SMILES string of the molecule is O=C(O)CCCCCCCCO[C@@H]1O[C@H](CO)[C@H](O)[C@H](O)[C@@H]1O. The van der Waals surface area contributed by atoms with Gasteiger partial charge in [0.1, 0.15) is 24.4 Å². The third-order valence-electron chi connectivity index (χ3n) is 3.92. The van der Waals surface area contributed by atoms with Crippen LogP contribution < -0.4 is 0 Å². The summed E-state index contributed by atoms with van der Waals surface area (Å²) in [6, 6.07) is 0. The van der Waals surface area contributed by atoms with Crippen molar-refractivity contribution in [1.82, 2.24) is 0 Å². The molecule has 5 N–H and O–H groups in total. The molecule has 0 aromatic heterocycles. The van der Waals surface area contributed by atoms with Gasteiger partial charge < -0.3 is 35.0 Å². The third kappa shape index (κ3) is 7.11. The smallest absolute Gasteiger partial charge is 0.303 e. The fraction of sp³-hybridized carbons (Fsp3) is 0.933. The summed E-state index contributed by atoms with van der Waals surface area (Å²) < 4.78 is 10.6. The van der Waals surface area contributed by atoms with E-state index in [2.05, 4.69) is 0 Å². The summed E-state index contributed by atoms with van der Waals surface area (Å²) >= 11 is 0. The van der Waals surface area contributed by atoms with Crippen molar-refractivity contribution < 1.29 is 39.8 Å². The van der Waals surface area contributed by atoms with Crippen LogP contribution in [0.15, 0.2) is 0 Å². The van der Waals surface area contributed by atoms with Gasteiger partial charge in [-0.1, -0.05) is 25.7 Å². The Morgan fingerprint density at radius 1 is 0.913 bits per heavy atom. The van der Waals surface area contributed by atoms with Gasteiger partial charge in [0.2, 0.25) is 0 Å². The van der Waals surface area contributed by atoms with Gasteiger partial charge >= 0.3 is 5.97 Å². The predicted molar refractivity (Wildman–Crippen MR) is 79.7 cm³/mol. The number of aliphatic hydroxyl groups is 4. The van der Waals surface area contributed by atoms with Gasteiger partial charge in [-0.05, 0) is 12.8 Å². The molecule has 1 rings (SSSR count). The van der Waals surface area contributed by atoms with Gasteiger partial charge in [-0.25, -0.2) is 0 Å². The van der Waals surface area contributed by atoms with Crippen molar-refractivity contribution in [3.63, 3.8) is 0 Å². The van der Waals surface area contributed by atoms with Crippen molar-refractivity contribution in [1.29, 1.82) is 0 Å². The van der Waals surface area contributed by atoms with Crippen LogP contribution in [0.4, 0.5) is 0 Å². The fourth-order valence-electron chi connectivity index (χ4n) is 2.49. The molecule has 0 saturated carbocycles. The minimum absolute atomic E-state index is 0.209. The number of carboxylic acids is 1. The van der Waals surface area contributed by atoms with Gasteiger partial charge in [-0.3, -0.25) is 4.79 Å². The van der Waals surface area contributed by atoms with Crippen LogP contribution in [0.2, 0.25) is 0 Å². The van der Waals surface area contributed by atoms with Crippen LogP contribution in [0, 0.1) is 0 Å². The standard InChI is InChI=1S/C15H28O8/c16-9-10-12(19)13(20)14(21)15(23-10)22-8-6-4-2-1-3-5-7-11(17)18/h10,12-16,19-21H,1-9H2,(H,17,18)/t10-,12+,13+,14+,15-/m1/s1. The van der Waals surface area contributed by atoms with Crippen molar-refractivity contribution in [3.05, 3.63) is 0 Å². The van der Waals surface area contributed by atoms with E-state index in [-0.39, 0.29) is 6.42 Å². The van der Waals surface area contributed by atoms with E-state index in [0.717, 1.165) is 32.1 Å². The molecule has 136 valence electrons. The zero-order valence-electron chi connectivity index (χ0n) is 13.2. The number of ether oxygens (including phenoxy) is 2. The number of aliphatic carboxylic acids is 1. The van der Waals surface area contributed by atoms with E-state index in [9.17, 15) is 20.1 Å². The molecule has 1 aliphatic heterocycles. The summed E-state index contributed by atoms with van der Waals surface area (Å²) in [6.07, 6.45) is -0.793. The molecule has 8 nitrogen and oxygen atoms in total. The first-order chi connectivity index (χ1) is 11.0. The predicted octanol–water partition coefficient (Wildman–Crippen LogP) is -0.382. The normalized spacial score (nSPS) is 31.2. The molecule has 0 spiro atoms. The molecule has 23 heavy (non-hydrogen) atoms. The molecule has 0 amide bonds. The quantitative estimate of drug-likeness (QED) is 0.322. The van der Waals surface area contributed by atoms with Crippen molar-refractivity contribution >= 4 is 5.97 Å². The van der Waals surface area contributed by atoms with Crippen molar-refractivity contribution in [2.45, 2.75) is 75.7 Å². The maximum atomic E-state index is 10.3. The Balaban J connectivity index is 2.09. The van der Waals surface area contributed by atoms with Gasteiger partial charge in [0.15, 0.2) is 6.29 Å².